The van der Waals surface area contributed by atoms with Crippen molar-refractivity contribution in [3.05, 3.63) is 111 Å². The zero-order valence-electron chi connectivity index (χ0n) is 17.3. The monoisotopic (exact) mass is 415 g/mol. The molecule has 1 N–H and O–H groups in total. The SMILES string of the molecule is Cc1ccccc1-n1nnnc1[C@@H](c1ccccc1)[NH+](C)Cc1ccc([N+](=O)[O-])cc1. The van der Waals surface area contributed by atoms with Gasteiger partial charge in [0.1, 0.15) is 6.54 Å². The molecule has 1 heterocycles. The van der Waals surface area contributed by atoms with E-state index in [1.165, 1.54) is 12.1 Å². The molecule has 156 valence electrons. The molecule has 0 saturated carbocycles. The third-order valence-electron chi connectivity index (χ3n) is 5.35. The van der Waals surface area contributed by atoms with Gasteiger partial charge in [-0.1, -0.05) is 48.5 Å². The molecule has 1 aromatic heterocycles. The van der Waals surface area contributed by atoms with Gasteiger partial charge in [-0.05, 0) is 41.1 Å². The molecule has 0 aliphatic rings. The second-order valence-corrected chi connectivity index (χ2v) is 7.53. The van der Waals surface area contributed by atoms with Crippen molar-refractivity contribution in [2.75, 3.05) is 7.05 Å². The first-order valence-corrected chi connectivity index (χ1v) is 9.99. The molecule has 0 bridgehead atoms. The van der Waals surface area contributed by atoms with Gasteiger partial charge in [-0.2, -0.15) is 4.68 Å². The van der Waals surface area contributed by atoms with E-state index in [1.54, 1.807) is 16.8 Å². The highest BCUT2D eigenvalue weighted by molar-refractivity contribution is 5.40. The van der Waals surface area contributed by atoms with Crippen LogP contribution in [-0.4, -0.2) is 32.2 Å². The quantitative estimate of drug-likeness (QED) is 0.370. The molecule has 8 nitrogen and oxygen atoms in total. The highest BCUT2D eigenvalue weighted by Gasteiger charge is 2.30. The average molecular weight is 415 g/mol. The topological polar surface area (TPSA) is 91.2 Å². The van der Waals surface area contributed by atoms with Crippen LogP contribution in [-0.2, 0) is 6.54 Å². The second-order valence-electron chi connectivity index (χ2n) is 7.53. The molecule has 0 aliphatic carbocycles. The minimum Gasteiger partial charge on any atom is -0.321 e. The molecule has 0 amide bonds. The van der Waals surface area contributed by atoms with E-state index in [9.17, 15) is 10.1 Å². The number of hydrogen-bond donors (Lipinski definition) is 1. The summed E-state index contributed by atoms with van der Waals surface area (Å²) in [5.41, 5.74) is 4.19. The van der Waals surface area contributed by atoms with Crippen LogP contribution in [0.1, 0.15) is 28.6 Å². The molecule has 4 aromatic rings. The maximum atomic E-state index is 11.0. The number of para-hydroxylation sites is 1. The molecule has 2 atom stereocenters. The highest BCUT2D eigenvalue weighted by Crippen LogP contribution is 2.21. The summed E-state index contributed by atoms with van der Waals surface area (Å²) in [6, 6.07) is 24.7. The Labute approximate surface area is 179 Å². The molecule has 8 heteroatoms. The lowest BCUT2D eigenvalue weighted by Crippen LogP contribution is -3.08. The Morgan fingerprint density at radius 1 is 1.00 bits per heavy atom. The zero-order chi connectivity index (χ0) is 21.8. The molecule has 0 spiro atoms. The summed E-state index contributed by atoms with van der Waals surface area (Å²) in [7, 11) is 2.08. The van der Waals surface area contributed by atoms with Gasteiger partial charge >= 0.3 is 0 Å². The lowest BCUT2D eigenvalue weighted by molar-refractivity contribution is -0.920. The van der Waals surface area contributed by atoms with Gasteiger partial charge in [0.25, 0.3) is 5.69 Å². The van der Waals surface area contributed by atoms with Crippen LogP contribution in [0.15, 0.2) is 78.9 Å². The summed E-state index contributed by atoms with van der Waals surface area (Å²) >= 11 is 0. The van der Waals surface area contributed by atoms with Crippen LogP contribution >= 0.6 is 0 Å². The number of rotatable bonds is 7. The van der Waals surface area contributed by atoms with E-state index in [0.29, 0.717) is 6.54 Å². The number of quaternary nitrogens is 1. The molecule has 1 unspecified atom stereocenters. The van der Waals surface area contributed by atoms with Gasteiger partial charge < -0.3 is 4.90 Å². The number of tetrazole rings is 1. The fourth-order valence-electron chi connectivity index (χ4n) is 3.81. The van der Waals surface area contributed by atoms with Crippen molar-refractivity contribution in [1.82, 2.24) is 20.2 Å². The van der Waals surface area contributed by atoms with Gasteiger partial charge in [-0.15, -0.1) is 5.10 Å². The van der Waals surface area contributed by atoms with Crippen LogP contribution in [0.5, 0.6) is 0 Å². The fourth-order valence-corrected chi connectivity index (χ4v) is 3.81. The smallest absolute Gasteiger partial charge is 0.269 e. The van der Waals surface area contributed by atoms with Crippen molar-refractivity contribution in [2.24, 2.45) is 0 Å². The molecular weight excluding hydrogens is 392 g/mol. The molecule has 0 saturated heterocycles. The van der Waals surface area contributed by atoms with E-state index in [-0.39, 0.29) is 16.7 Å². The minimum atomic E-state index is -0.385. The van der Waals surface area contributed by atoms with E-state index < -0.39 is 0 Å². The zero-order valence-corrected chi connectivity index (χ0v) is 17.3. The molecule has 0 fully saturated rings. The number of hydrogen-bond acceptors (Lipinski definition) is 5. The van der Waals surface area contributed by atoms with Crippen molar-refractivity contribution in [1.29, 1.82) is 0 Å². The van der Waals surface area contributed by atoms with Crippen LogP contribution in [0, 0.1) is 17.0 Å². The van der Waals surface area contributed by atoms with Crippen molar-refractivity contribution in [3.8, 4) is 5.69 Å². The number of nitrogens with one attached hydrogen (secondary N) is 1. The number of non-ortho nitro benzene ring substituents is 1. The van der Waals surface area contributed by atoms with E-state index in [0.717, 1.165) is 33.1 Å². The summed E-state index contributed by atoms with van der Waals surface area (Å²) < 4.78 is 1.80. The highest BCUT2D eigenvalue weighted by atomic mass is 16.6. The predicted molar refractivity (Wildman–Crippen MR) is 116 cm³/mol. The first-order chi connectivity index (χ1) is 15.0. The molecule has 31 heavy (non-hydrogen) atoms. The van der Waals surface area contributed by atoms with Crippen molar-refractivity contribution in [2.45, 2.75) is 19.5 Å². The Morgan fingerprint density at radius 2 is 1.68 bits per heavy atom. The maximum absolute atomic E-state index is 11.0. The first-order valence-electron chi connectivity index (χ1n) is 9.99. The Bertz CT molecular complexity index is 1170. The number of nitro groups is 1. The van der Waals surface area contributed by atoms with Gasteiger partial charge in [-0.25, -0.2) is 0 Å². The van der Waals surface area contributed by atoms with Crippen LogP contribution < -0.4 is 4.90 Å². The molecule has 4 rings (SSSR count). The lowest BCUT2D eigenvalue weighted by atomic mass is 10.0. The number of aromatic nitrogens is 4. The van der Waals surface area contributed by atoms with Gasteiger partial charge in [-0.3, -0.25) is 10.1 Å². The molecule has 3 aromatic carbocycles. The third kappa shape index (κ3) is 4.34. The second kappa shape index (κ2) is 8.85. The van der Waals surface area contributed by atoms with Crippen molar-refractivity contribution in [3.63, 3.8) is 0 Å². The van der Waals surface area contributed by atoms with Crippen molar-refractivity contribution < 1.29 is 9.82 Å². The van der Waals surface area contributed by atoms with E-state index in [1.807, 2.05) is 49.4 Å². The fraction of sp³-hybridized carbons (Fsp3) is 0.174. The predicted octanol–water partition coefficient (Wildman–Crippen LogP) is 2.68. The number of aryl methyl sites for hydroxylation is 1. The van der Waals surface area contributed by atoms with Gasteiger partial charge in [0.05, 0.1) is 17.7 Å². The minimum absolute atomic E-state index is 0.0875. The van der Waals surface area contributed by atoms with Gasteiger partial charge in [0.2, 0.25) is 5.82 Å². The van der Waals surface area contributed by atoms with Gasteiger partial charge in [0, 0.05) is 23.3 Å². The summed E-state index contributed by atoms with van der Waals surface area (Å²) in [6.07, 6.45) is 0. The van der Waals surface area contributed by atoms with Crippen LogP contribution in [0.4, 0.5) is 5.69 Å². The Balaban J connectivity index is 1.72. The average Bonchev–Trinajstić information content (AvgIpc) is 3.24. The summed E-state index contributed by atoms with van der Waals surface area (Å²) in [5.74, 6) is 0.736. The standard InChI is InChI=1S/C23H22N6O2/c1-17-8-6-7-11-21(17)28-23(24-25-26-28)22(19-9-4-3-5-10-19)27(2)16-18-12-14-20(15-13-18)29(30)31/h3-15,22H,16H2,1-2H3/p+1/t22-/m1/s1. The number of benzene rings is 3. The number of nitro benzene ring substituents is 1. The lowest BCUT2D eigenvalue weighted by Gasteiger charge is -2.25. The first kappa shape index (κ1) is 20.4. The summed E-state index contributed by atoms with van der Waals surface area (Å²) in [6.45, 7) is 2.68. The van der Waals surface area contributed by atoms with E-state index >= 15 is 0 Å². The molecular formula is C23H23N6O2+. The molecule has 0 aliphatic heterocycles. The van der Waals surface area contributed by atoms with E-state index in [4.69, 9.17) is 0 Å². The Kier molecular flexibility index (Phi) is 5.81. The van der Waals surface area contributed by atoms with Crippen LogP contribution in [0.2, 0.25) is 0 Å². The molecule has 0 radical (unpaired) electrons. The maximum Gasteiger partial charge on any atom is 0.269 e. The Morgan fingerprint density at radius 3 is 2.35 bits per heavy atom. The van der Waals surface area contributed by atoms with Crippen LogP contribution in [0.3, 0.4) is 0 Å². The number of nitrogens with zero attached hydrogens (tertiary/aromatic N) is 5. The van der Waals surface area contributed by atoms with Crippen LogP contribution in [0.25, 0.3) is 5.69 Å². The van der Waals surface area contributed by atoms with E-state index in [2.05, 4.69) is 34.7 Å². The largest absolute Gasteiger partial charge is 0.321 e. The van der Waals surface area contributed by atoms with Gasteiger partial charge in [0.15, 0.2) is 6.04 Å². The Hall–Kier alpha value is -3.91. The third-order valence-corrected chi connectivity index (χ3v) is 5.35. The van der Waals surface area contributed by atoms with Crippen molar-refractivity contribution >= 4 is 5.69 Å². The summed E-state index contributed by atoms with van der Waals surface area (Å²) in [5, 5.41) is 23.6. The normalized spacial score (nSPS) is 13.0. The summed E-state index contributed by atoms with van der Waals surface area (Å²) in [4.78, 5) is 11.7.